The molecule has 3 rings (SSSR count). The predicted octanol–water partition coefficient (Wildman–Crippen LogP) is 0.0679. The molecule has 0 aliphatic carbocycles. The molecule has 8 heteroatoms. The lowest BCUT2D eigenvalue weighted by Gasteiger charge is -2.35. The normalized spacial score (nSPS) is 21.1. The Morgan fingerprint density at radius 1 is 1.12 bits per heavy atom. The number of carbonyl (C=O) groups is 2. The number of nitrogens with zero attached hydrogens (tertiary/aromatic N) is 6. The molecule has 2 fully saturated rings. The van der Waals surface area contributed by atoms with Gasteiger partial charge in [0, 0.05) is 65.6 Å². The van der Waals surface area contributed by atoms with Gasteiger partial charge in [-0.05, 0) is 25.5 Å². The molecule has 3 heterocycles. The van der Waals surface area contributed by atoms with E-state index < -0.39 is 0 Å². The van der Waals surface area contributed by atoms with Crippen LogP contribution in [0.2, 0.25) is 0 Å². The first kappa shape index (κ1) is 18.6. The van der Waals surface area contributed by atoms with Crippen molar-refractivity contribution in [2.45, 2.75) is 25.3 Å². The first-order valence-corrected chi connectivity index (χ1v) is 9.31. The second-order valence-corrected chi connectivity index (χ2v) is 7.09. The summed E-state index contributed by atoms with van der Waals surface area (Å²) in [5, 5.41) is 0. The smallest absolute Gasteiger partial charge is 0.239 e. The summed E-state index contributed by atoms with van der Waals surface area (Å²) in [6, 6.07) is 1.74. The second kappa shape index (κ2) is 8.44. The topological polar surface area (TPSA) is 72.9 Å². The lowest BCUT2D eigenvalue weighted by atomic mass is 10.2. The fourth-order valence-corrected chi connectivity index (χ4v) is 3.68. The minimum atomic E-state index is -0.0649. The maximum atomic E-state index is 12.6. The van der Waals surface area contributed by atoms with E-state index in [1.807, 2.05) is 4.90 Å². The van der Waals surface area contributed by atoms with E-state index in [9.17, 15) is 9.59 Å². The minimum Gasteiger partial charge on any atom is -0.347 e. The van der Waals surface area contributed by atoms with Gasteiger partial charge in [0.1, 0.15) is 0 Å². The van der Waals surface area contributed by atoms with Gasteiger partial charge in [-0.2, -0.15) is 0 Å². The lowest BCUT2D eigenvalue weighted by molar-refractivity contribution is -0.135. The molecule has 0 aromatic carbocycles. The highest BCUT2D eigenvalue weighted by molar-refractivity contribution is 5.82. The molecule has 8 nitrogen and oxygen atoms in total. The number of hydrogen-bond donors (Lipinski definition) is 0. The van der Waals surface area contributed by atoms with Gasteiger partial charge in [0.2, 0.25) is 17.8 Å². The maximum absolute atomic E-state index is 12.6. The zero-order chi connectivity index (χ0) is 18.5. The molecule has 0 N–H and O–H groups in total. The standard InChI is InChI=1S/C18H28N6O2/c1-21(2)17(26)15-5-3-9-22(15)10-6-16(25)23-11-13-24(14-12-23)18-19-7-4-8-20-18/h4,7-8,15H,3,5-6,9-14H2,1-2H3. The molecule has 26 heavy (non-hydrogen) atoms. The van der Waals surface area contributed by atoms with Gasteiger partial charge in [0.15, 0.2) is 0 Å². The highest BCUT2D eigenvalue weighted by Gasteiger charge is 2.32. The van der Waals surface area contributed by atoms with Crippen molar-refractivity contribution in [3.63, 3.8) is 0 Å². The van der Waals surface area contributed by atoms with Crippen molar-refractivity contribution in [1.82, 2.24) is 24.7 Å². The van der Waals surface area contributed by atoms with Crippen molar-refractivity contribution in [2.75, 3.05) is 58.3 Å². The molecule has 2 amide bonds. The molecule has 1 unspecified atom stereocenters. The molecule has 2 aliphatic rings. The number of aromatic nitrogens is 2. The quantitative estimate of drug-likeness (QED) is 0.740. The van der Waals surface area contributed by atoms with Crippen LogP contribution in [0.5, 0.6) is 0 Å². The van der Waals surface area contributed by atoms with Crippen LogP contribution in [0.25, 0.3) is 0 Å². The monoisotopic (exact) mass is 360 g/mol. The number of carbonyl (C=O) groups excluding carboxylic acids is 2. The molecule has 2 aliphatic heterocycles. The van der Waals surface area contributed by atoms with Crippen molar-refractivity contribution >= 4 is 17.8 Å². The van der Waals surface area contributed by atoms with Crippen LogP contribution >= 0.6 is 0 Å². The Balaban J connectivity index is 1.45. The molecule has 1 atom stereocenters. The van der Waals surface area contributed by atoms with Crippen molar-refractivity contribution in [3.05, 3.63) is 18.5 Å². The van der Waals surface area contributed by atoms with E-state index in [2.05, 4.69) is 19.8 Å². The summed E-state index contributed by atoms with van der Waals surface area (Å²) in [7, 11) is 3.58. The van der Waals surface area contributed by atoms with Gasteiger partial charge in [0.25, 0.3) is 0 Å². The summed E-state index contributed by atoms with van der Waals surface area (Å²) in [6.07, 6.45) is 5.86. The number of amides is 2. The summed E-state index contributed by atoms with van der Waals surface area (Å²) in [5.74, 6) is 1.04. The average molecular weight is 360 g/mol. The molecule has 0 bridgehead atoms. The first-order chi connectivity index (χ1) is 12.6. The van der Waals surface area contributed by atoms with Crippen LogP contribution in [0.4, 0.5) is 5.95 Å². The summed E-state index contributed by atoms with van der Waals surface area (Å²) in [5.41, 5.74) is 0. The van der Waals surface area contributed by atoms with Crippen LogP contribution in [0.3, 0.4) is 0 Å². The SMILES string of the molecule is CN(C)C(=O)C1CCCN1CCC(=O)N1CCN(c2ncccn2)CC1. The molecule has 1 aromatic heterocycles. The van der Waals surface area contributed by atoms with Crippen LogP contribution in [-0.2, 0) is 9.59 Å². The molecule has 0 saturated carbocycles. The van der Waals surface area contributed by atoms with Gasteiger partial charge < -0.3 is 14.7 Å². The third kappa shape index (κ3) is 4.30. The van der Waals surface area contributed by atoms with E-state index in [1.54, 1.807) is 37.5 Å². The first-order valence-electron chi connectivity index (χ1n) is 9.31. The van der Waals surface area contributed by atoms with Crippen LogP contribution < -0.4 is 4.90 Å². The summed E-state index contributed by atoms with van der Waals surface area (Å²) < 4.78 is 0. The molecule has 0 radical (unpaired) electrons. The number of rotatable bonds is 5. The fourth-order valence-electron chi connectivity index (χ4n) is 3.68. The number of likely N-dealkylation sites (tertiary alicyclic amines) is 1. The molecule has 142 valence electrons. The van der Waals surface area contributed by atoms with Crippen molar-refractivity contribution in [1.29, 1.82) is 0 Å². The summed E-state index contributed by atoms with van der Waals surface area (Å²) >= 11 is 0. The van der Waals surface area contributed by atoms with Crippen LogP contribution in [0, 0.1) is 0 Å². The Bertz CT molecular complexity index is 615. The molecule has 2 saturated heterocycles. The van der Waals surface area contributed by atoms with Gasteiger partial charge >= 0.3 is 0 Å². The van der Waals surface area contributed by atoms with Crippen LogP contribution in [0.1, 0.15) is 19.3 Å². The van der Waals surface area contributed by atoms with Crippen molar-refractivity contribution < 1.29 is 9.59 Å². The van der Waals surface area contributed by atoms with E-state index in [1.165, 1.54) is 0 Å². The molecular weight excluding hydrogens is 332 g/mol. The molecule has 0 spiro atoms. The van der Waals surface area contributed by atoms with Gasteiger partial charge in [-0.1, -0.05) is 0 Å². The van der Waals surface area contributed by atoms with Gasteiger partial charge in [-0.3, -0.25) is 14.5 Å². The van der Waals surface area contributed by atoms with E-state index in [0.717, 1.165) is 38.4 Å². The largest absolute Gasteiger partial charge is 0.347 e. The summed E-state index contributed by atoms with van der Waals surface area (Å²) in [4.78, 5) is 41.2. The van der Waals surface area contributed by atoms with Gasteiger partial charge in [0.05, 0.1) is 6.04 Å². The van der Waals surface area contributed by atoms with Gasteiger partial charge in [-0.25, -0.2) is 9.97 Å². The maximum Gasteiger partial charge on any atom is 0.239 e. The fraction of sp³-hybridized carbons (Fsp3) is 0.667. The third-order valence-corrected chi connectivity index (χ3v) is 5.17. The molecular formula is C18H28N6O2. The van der Waals surface area contributed by atoms with Crippen molar-refractivity contribution in [2.24, 2.45) is 0 Å². The zero-order valence-corrected chi connectivity index (χ0v) is 15.7. The predicted molar refractivity (Wildman–Crippen MR) is 98.7 cm³/mol. The van der Waals surface area contributed by atoms with E-state index >= 15 is 0 Å². The Labute approximate surface area is 154 Å². The Kier molecular flexibility index (Phi) is 6.03. The minimum absolute atomic E-state index is 0.0649. The van der Waals surface area contributed by atoms with E-state index in [0.29, 0.717) is 26.1 Å². The Morgan fingerprint density at radius 3 is 2.46 bits per heavy atom. The van der Waals surface area contributed by atoms with E-state index in [-0.39, 0.29) is 17.9 Å². The average Bonchev–Trinajstić information content (AvgIpc) is 3.14. The Hall–Kier alpha value is -2.22. The highest BCUT2D eigenvalue weighted by atomic mass is 16.2. The van der Waals surface area contributed by atoms with Crippen molar-refractivity contribution in [3.8, 4) is 0 Å². The highest BCUT2D eigenvalue weighted by Crippen LogP contribution is 2.19. The summed E-state index contributed by atoms with van der Waals surface area (Å²) in [6.45, 7) is 4.44. The number of likely N-dealkylation sites (N-methyl/N-ethyl adjacent to an activating group) is 1. The van der Waals surface area contributed by atoms with Gasteiger partial charge in [-0.15, -0.1) is 0 Å². The number of piperazine rings is 1. The molecule has 1 aromatic rings. The van der Waals surface area contributed by atoms with Crippen LogP contribution in [-0.4, -0.2) is 95.9 Å². The van der Waals surface area contributed by atoms with Crippen LogP contribution in [0.15, 0.2) is 18.5 Å². The second-order valence-electron chi connectivity index (χ2n) is 7.09. The van der Waals surface area contributed by atoms with E-state index in [4.69, 9.17) is 0 Å². The third-order valence-electron chi connectivity index (χ3n) is 5.17. The lowest BCUT2D eigenvalue weighted by Crippen LogP contribution is -2.50. The Morgan fingerprint density at radius 2 is 1.81 bits per heavy atom. The number of anilines is 1. The number of hydrogen-bond acceptors (Lipinski definition) is 6. The zero-order valence-electron chi connectivity index (χ0n) is 15.7.